The minimum absolute atomic E-state index is 0.0265. The van der Waals surface area contributed by atoms with Crippen LogP contribution in [0.4, 0.5) is 0 Å². The number of carboxylic acids is 1. The maximum absolute atomic E-state index is 13.5. The molecule has 1 aromatic carbocycles. The number of amides is 7. The molecule has 1 fully saturated rings. The highest BCUT2D eigenvalue weighted by Crippen LogP contribution is 2.23. The number of nitrogens with zero attached hydrogens (tertiary/aromatic N) is 1. The number of benzene rings is 1. The second-order valence-corrected chi connectivity index (χ2v) is 14.7. The zero-order valence-electron chi connectivity index (χ0n) is 29.2. The van der Waals surface area contributed by atoms with Crippen molar-refractivity contribution in [3.8, 4) is 0 Å². The van der Waals surface area contributed by atoms with Crippen LogP contribution in [0.25, 0.3) is 10.9 Å². The van der Waals surface area contributed by atoms with E-state index < -0.39 is 91.0 Å². The summed E-state index contributed by atoms with van der Waals surface area (Å²) in [5.41, 5.74) is 17.5. The molecule has 294 valence electrons. The van der Waals surface area contributed by atoms with Gasteiger partial charge in [-0.05, 0) is 30.9 Å². The molecule has 1 aliphatic rings. The Morgan fingerprint density at radius 2 is 1.46 bits per heavy atom. The molecule has 1 aromatic heterocycles. The van der Waals surface area contributed by atoms with Crippen molar-refractivity contribution >= 4 is 85.8 Å². The molecule has 1 unspecified atom stereocenters. The third kappa shape index (κ3) is 14.8. The summed E-state index contributed by atoms with van der Waals surface area (Å²) in [5, 5.41) is 24.9. The van der Waals surface area contributed by atoms with Crippen LogP contribution in [0.1, 0.15) is 37.7 Å². The molecule has 1 saturated heterocycles. The third-order valence-corrected chi connectivity index (χ3v) is 10.3. The maximum Gasteiger partial charge on any atom is 0.305 e. The molecule has 3 rings (SSSR count). The van der Waals surface area contributed by atoms with Crippen molar-refractivity contribution in [2.24, 2.45) is 22.2 Å². The Balaban J connectivity index is 1.85. The summed E-state index contributed by atoms with van der Waals surface area (Å²) in [4.78, 5) is 109. The Bertz CT molecular complexity index is 1720. The van der Waals surface area contributed by atoms with Gasteiger partial charge in [0.2, 0.25) is 41.4 Å². The van der Waals surface area contributed by atoms with E-state index >= 15 is 0 Å². The van der Waals surface area contributed by atoms with Gasteiger partial charge in [0.15, 0.2) is 5.96 Å². The number of hydrogen-bond acceptors (Lipinski definition) is 11. The summed E-state index contributed by atoms with van der Waals surface area (Å²) in [5.74, 6) is -6.82. The first kappa shape index (κ1) is 42.9. The highest BCUT2D eigenvalue weighted by atomic mass is 33.1. The number of fused-ring (bicyclic) bond motifs is 1. The van der Waals surface area contributed by atoms with Crippen LogP contribution in [0.2, 0.25) is 0 Å². The van der Waals surface area contributed by atoms with Gasteiger partial charge in [-0.15, -0.1) is 0 Å². The van der Waals surface area contributed by atoms with Gasteiger partial charge in [0.25, 0.3) is 0 Å². The van der Waals surface area contributed by atoms with E-state index in [4.69, 9.17) is 17.2 Å². The summed E-state index contributed by atoms with van der Waals surface area (Å²) >= 11 is 0. The van der Waals surface area contributed by atoms with Crippen molar-refractivity contribution in [1.82, 2.24) is 36.9 Å². The number of carbonyl (C=O) groups excluding carboxylic acids is 7. The van der Waals surface area contributed by atoms with Crippen molar-refractivity contribution in [2.75, 3.05) is 31.1 Å². The molecule has 4 atom stereocenters. The molecule has 1 aliphatic heterocycles. The summed E-state index contributed by atoms with van der Waals surface area (Å²) in [7, 11) is 2.39. The topological polar surface area (TPSA) is 335 Å². The maximum atomic E-state index is 13.5. The van der Waals surface area contributed by atoms with Crippen molar-refractivity contribution in [1.29, 1.82) is 0 Å². The molecule has 2 aromatic rings. The minimum Gasteiger partial charge on any atom is -0.481 e. The summed E-state index contributed by atoms with van der Waals surface area (Å²) < 4.78 is 0. The minimum atomic E-state index is -1.69. The molecule has 0 spiro atoms. The number of aliphatic imine (C=N–C) groups is 1. The van der Waals surface area contributed by atoms with Crippen LogP contribution in [-0.2, 0) is 44.8 Å². The molecule has 0 saturated carbocycles. The Hall–Kier alpha value is -5.51. The quantitative estimate of drug-likeness (QED) is 0.0498. The SMILES string of the molecule is NC(=O)C1CSSCCC(=O)N[C@@H](CCCCN=C(N)N)C(=O)NCC(=O)N[C@@H](CC(=O)O)C(=O)N[C@H](Cc2c[nH]c3ccccc23)C(=O)NCC(=O)N1. The first-order valence-electron chi connectivity index (χ1n) is 16.8. The lowest BCUT2D eigenvalue weighted by atomic mass is 10.0. The van der Waals surface area contributed by atoms with E-state index in [9.17, 15) is 43.5 Å². The number of primary amides is 1. The lowest BCUT2D eigenvalue weighted by Crippen LogP contribution is -2.57. The van der Waals surface area contributed by atoms with Crippen molar-refractivity contribution in [3.05, 3.63) is 36.0 Å². The Labute approximate surface area is 317 Å². The van der Waals surface area contributed by atoms with E-state index in [0.717, 1.165) is 10.9 Å². The number of rotatable bonds is 10. The van der Waals surface area contributed by atoms with Gasteiger partial charge >= 0.3 is 5.97 Å². The lowest BCUT2D eigenvalue weighted by molar-refractivity contribution is -0.141. The van der Waals surface area contributed by atoms with Crippen LogP contribution < -0.4 is 49.1 Å². The van der Waals surface area contributed by atoms with E-state index in [-0.39, 0.29) is 43.3 Å². The molecule has 2 heterocycles. The highest BCUT2D eigenvalue weighted by Gasteiger charge is 2.30. The third-order valence-electron chi connectivity index (χ3n) is 7.86. The van der Waals surface area contributed by atoms with Crippen LogP contribution in [-0.4, -0.2) is 119 Å². The number of hydrogen-bond donors (Lipinski definition) is 11. The average Bonchev–Trinajstić information content (AvgIpc) is 3.52. The van der Waals surface area contributed by atoms with Crippen molar-refractivity contribution in [2.45, 2.75) is 62.7 Å². The van der Waals surface area contributed by atoms with Crippen molar-refractivity contribution in [3.63, 3.8) is 0 Å². The largest absolute Gasteiger partial charge is 0.481 e. The molecule has 20 nitrogen and oxygen atoms in total. The van der Waals surface area contributed by atoms with E-state index in [1.165, 1.54) is 21.6 Å². The zero-order valence-corrected chi connectivity index (χ0v) is 30.8. The average molecular weight is 792 g/mol. The van der Waals surface area contributed by atoms with Gasteiger partial charge in [-0.3, -0.25) is 43.3 Å². The van der Waals surface area contributed by atoms with Crippen LogP contribution in [0.15, 0.2) is 35.5 Å². The van der Waals surface area contributed by atoms with Gasteiger partial charge in [-0.1, -0.05) is 39.8 Å². The number of aromatic amines is 1. The van der Waals surface area contributed by atoms with E-state index in [1.54, 1.807) is 30.5 Å². The van der Waals surface area contributed by atoms with Gasteiger partial charge in [-0.2, -0.15) is 0 Å². The van der Waals surface area contributed by atoms with Crippen molar-refractivity contribution < 1.29 is 43.5 Å². The molecule has 7 amide bonds. The van der Waals surface area contributed by atoms with Gasteiger partial charge in [0.1, 0.15) is 24.2 Å². The van der Waals surface area contributed by atoms with E-state index in [2.05, 4.69) is 41.9 Å². The number of H-pyrrole nitrogens is 1. The molecule has 0 aliphatic carbocycles. The number of aromatic nitrogens is 1. The molecule has 0 bridgehead atoms. The Morgan fingerprint density at radius 3 is 2.15 bits per heavy atom. The van der Waals surface area contributed by atoms with Crippen LogP contribution in [0.3, 0.4) is 0 Å². The van der Waals surface area contributed by atoms with Crippen LogP contribution in [0, 0.1) is 0 Å². The number of nitrogens with one attached hydrogen (secondary N) is 7. The molecule has 14 N–H and O–H groups in total. The van der Waals surface area contributed by atoms with E-state index in [1.807, 2.05) is 0 Å². The molecule has 0 radical (unpaired) electrons. The molecule has 54 heavy (non-hydrogen) atoms. The predicted octanol–water partition coefficient (Wildman–Crippen LogP) is -2.93. The number of unbranched alkanes of at least 4 members (excludes halogenated alkanes) is 1. The summed E-state index contributed by atoms with van der Waals surface area (Å²) in [6, 6.07) is 1.91. The van der Waals surface area contributed by atoms with E-state index in [0.29, 0.717) is 18.4 Å². The number of carboxylic acid groups (broad SMARTS) is 1. The zero-order chi connectivity index (χ0) is 39.6. The van der Waals surface area contributed by atoms with Gasteiger partial charge < -0.3 is 59.2 Å². The smallest absolute Gasteiger partial charge is 0.305 e. The fourth-order valence-corrected chi connectivity index (χ4v) is 7.33. The monoisotopic (exact) mass is 791 g/mol. The fraction of sp³-hybridized carbons (Fsp3) is 0.469. The van der Waals surface area contributed by atoms with Crippen LogP contribution >= 0.6 is 21.6 Å². The number of guanidine groups is 1. The van der Waals surface area contributed by atoms with Gasteiger partial charge in [0.05, 0.1) is 19.5 Å². The highest BCUT2D eigenvalue weighted by molar-refractivity contribution is 8.76. The first-order chi connectivity index (χ1) is 25.7. The fourth-order valence-electron chi connectivity index (χ4n) is 5.17. The Kier molecular flexibility index (Phi) is 17.4. The predicted molar refractivity (Wildman–Crippen MR) is 201 cm³/mol. The molecular weight excluding hydrogens is 747 g/mol. The number of carbonyl (C=O) groups is 8. The second-order valence-electron chi connectivity index (χ2n) is 12.1. The van der Waals surface area contributed by atoms with Gasteiger partial charge in [-0.25, -0.2) is 0 Å². The second kappa shape index (κ2) is 21.9. The Morgan fingerprint density at radius 1 is 0.796 bits per heavy atom. The number of nitrogens with two attached hydrogens (primary N) is 3. The lowest BCUT2D eigenvalue weighted by Gasteiger charge is -2.23. The number of aliphatic carboxylic acids is 1. The molecule has 22 heteroatoms. The van der Waals surface area contributed by atoms with Crippen LogP contribution in [0.5, 0.6) is 0 Å². The standard InChI is InChI=1S/C32H45N11O9S2/c33-28(49)23-16-54-53-10-8-24(44)40-20(7-3-4-9-36-32(34)35)29(50)38-14-25(45)41-22(12-27(47)48)31(52)43-21(30(51)39-15-26(46)42-23)11-17-13-37-19-6-2-1-5-18(17)19/h1-2,5-6,13,20-23,37H,3-4,7-12,14-16H2,(H2,33,49)(H,38,50)(H,39,51)(H,40,44)(H,41,45)(H,42,46)(H,43,52)(H,47,48)(H4,34,35,36)/t20-,21+,22-,23?/m0/s1. The number of para-hydroxylation sites is 1. The first-order valence-corrected chi connectivity index (χ1v) is 19.3. The molecular formula is C32H45N11O9S2. The normalized spacial score (nSPS) is 21.7. The summed E-state index contributed by atoms with van der Waals surface area (Å²) in [6.07, 6.45) is 1.67. The van der Waals surface area contributed by atoms with Gasteiger partial charge in [0, 0.05) is 48.0 Å². The summed E-state index contributed by atoms with van der Waals surface area (Å²) in [6.45, 7) is -0.999.